The van der Waals surface area contributed by atoms with Gasteiger partial charge in [-0.2, -0.15) is 0 Å². The fraction of sp³-hybridized carbons (Fsp3) is 0.120. The van der Waals surface area contributed by atoms with Gasteiger partial charge < -0.3 is 10.2 Å². The van der Waals surface area contributed by atoms with Crippen LogP contribution in [0.15, 0.2) is 76.8 Å². The molecule has 1 saturated heterocycles. The van der Waals surface area contributed by atoms with Crippen LogP contribution in [0.25, 0.3) is 5.76 Å². The lowest BCUT2D eigenvalue weighted by Gasteiger charge is -2.26. The molecule has 3 aromatic carbocycles. The summed E-state index contributed by atoms with van der Waals surface area (Å²) < 4.78 is 0.812. The number of hydrogen-bond acceptors (Lipinski definition) is 4. The molecular formula is C25H19BrClNO4. The molecule has 1 heterocycles. The molecule has 3 aromatic rings. The number of phenolic OH excluding ortho intramolecular Hbond substituents is 1. The molecule has 2 N–H and O–H groups in total. The van der Waals surface area contributed by atoms with Crippen LogP contribution in [-0.2, 0) is 16.0 Å². The van der Waals surface area contributed by atoms with Gasteiger partial charge in [-0.1, -0.05) is 64.8 Å². The molecule has 5 nitrogen and oxygen atoms in total. The molecule has 1 unspecified atom stereocenters. The topological polar surface area (TPSA) is 77.8 Å². The Morgan fingerprint density at radius 1 is 1.03 bits per heavy atom. The minimum atomic E-state index is -0.913. The Labute approximate surface area is 198 Å². The van der Waals surface area contributed by atoms with E-state index in [9.17, 15) is 19.8 Å². The van der Waals surface area contributed by atoms with Crippen molar-refractivity contribution in [2.24, 2.45) is 0 Å². The Morgan fingerprint density at radius 3 is 2.28 bits per heavy atom. The number of phenols is 1. The molecule has 1 fully saturated rings. The first-order chi connectivity index (χ1) is 15.3. The van der Waals surface area contributed by atoms with Crippen LogP contribution in [0.4, 0.5) is 5.69 Å². The van der Waals surface area contributed by atoms with E-state index in [2.05, 4.69) is 15.9 Å². The van der Waals surface area contributed by atoms with Gasteiger partial charge in [0.15, 0.2) is 0 Å². The highest BCUT2D eigenvalue weighted by atomic mass is 79.9. The second kappa shape index (κ2) is 8.81. The largest absolute Gasteiger partial charge is 0.507 e. The van der Waals surface area contributed by atoms with E-state index in [1.165, 1.54) is 17.0 Å². The Bertz CT molecular complexity index is 1240. The molecule has 1 amide bonds. The number of Topliss-reactive ketones (excluding diaryl/α,β-unsaturated/α-hetero) is 1. The average molecular weight is 513 g/mol. The highest BCUT2D eigenvalue weighted by molar-refractivity contribution is 9.10. The maximum absolute atomic E-state index is 13.1. The zero-order valence-corrected chi connectivity index (χ0v) is 19.4. The van der Waals surface area contributed by atoms with Gasteiger partial charge in [0.05, 0.1) is 16.6 Å². The summed E-state index contributed by atoms with van der Waals surface area (Å²) in [5.74, 6) is -1.94. The number of aliphatic hydroxyl groups excluding tert-OH is 1. The smallest absolute Gasteiger partial charge is 0.300 e. The van der Waals surface area contributed by atoms with Gasteiger partial charge in [0, 0.05) is 15.7 Å². The van der Waals surface area contributed by atoms with E-state index in [1.54, 1.807) is 42.5 Å². The fourth-order valence-electron chi connectivity index (χ4n) is 3.76. The second-order valence-corrected chi connectivity index (χ2v) is 8.73. The van der Waals surface area contributed by atoms with Crippen molar-refractivity contribution in [1.82, 2.24) is 0 Å². The summed E-state index contributed by atoms with van der Waals surface area (Å²) in [5.41, 5.74) is 2.46. The average Bonchev–Trinajstić information content (AvgIpc) is 3.06. The monoisotopic (exact) mass is 511 g/mol. The van der Waals surface area contributed by atoms with E-state index < -0.39 is 17.7 Å². The third-order valence-electron chi connectivity index (χ3n) is 5.47. The van der Waals surface area contributed by atoms with E-state index in [4.69, 9.17) is 11.6 Å². The van der Waals surface area contributed by atoms with Gasteiger partial charge in [0.2, 0.25) is 0 Å². The molecule has 0 spiro atoms. The van der Waals surface area contributed by atoms with Crippen LogP contribution < -0.4 is 4.90 Å². The van der Waals surface area contributed by atoms with Crippen LogP contribution in [-0.4, -0.2) is 21.9 Å². The Morgan fingerprint density at radius 2 is 1.69 bits per heavy atom. The second-order valence-electron chi connectivity index (χ2n) is 7.41. The van der Waals surface area contributed by atoms with Gasteiger partial charge >= 0.3 is 0 Å². The molecule has 0 aromatic heterocycles. The fourth-order valence-corrected chi connectivity index (χ4v) is 4.22. The van der Waals surface area contributed by atoms with Crippen LogP contribution in [0.2, 0.25) is 5.02 Å². The van der Waals surface area contributed by atoms with Crippen molar-refractivity contribution < 1.29 is 19.8 Å². The molecule has 4 rings (SSSR count). The summed E-state index contributed by atoms with van der Waals surface area (Å²) in [6.07, 6.45) is 0.833. The Balaban J connectivity index is 1.94. The van der Waals surface area contributed by atoms with Crippen LogP contribution >= 0.6 is 27.5 Å². The van der Waals surface area contributed by atoms with Gasteiger partial charge in [0.25, 0.3) is 11.7 Å². The third-order valence-corrected chi connectivity index (χ3v) is 6.30. The summed E-state index contributed by atoms with van der Waals surface area (Å²) in [7, 11) is 0. The van der Waals surface area contributed by atoms with Crippen molar-refractivity contribution in [3.8, 4) is 5.75 Å². The highest BCUT2D eigenvalue weighted by Gasteiger charge is 2.47. The minimum absolute atomic E-state index is 0.0429. The number of amides is 1. The predicted molar refractivity (Wildman–Crippen MR) is 128 cm³/mol. The standard InChI is InChI=1S/C25H19BrClNO4/c1-2-14-3-10-18(11-4-14)28-22(16-7-12-20(29)19(27)13-16)21(24(31)25(28)32)23(30)15-5-8-17(26)9-6-15/h3-13,22,29-30H,2H2,1H3/b23-21-. The third kappa shape index (κ3) is 3.92. The number of carbonyl (C=O) groups excluding carboxylic acids is 2. The van der Waals surface area contributed by atoms with Gasteiger partial charge in [-0.05, 0) is 53.9 Å². The van der Waals surface area contributed by atoms with E-state index in [0.29, 0.717) is 16.8 Å². The number of benzene rings is 3. The van der Waals surface area contributed by atoms with Crippen molar-refractivity contribution in [1.29, 1.82) is 0 Å². The van der Waals surface area contributed by atoms with Gasteiger partial charge in [-0.25, -0.2) is 0 Å². The summed E-state index contributed by atoms with van der Waals surface area (Å²) in [6, 6.07) is 17.7. The van der Waals surface area contributed by atoms with Crippen molar-refractivity contribution >= 4 is 50.7 Å². The molecule has 1 atom stereocenters. The maximum atomic E-state index is 13.1. The number of hydrogen-bond donors (Lipinski definition) is 2. The number of carbonyl (C=O) groups is 2. The minimum Gasteiger partial charge on any atom is -0.507 e. The summed E-state index contributed by atoms with van der Waals surface area (Å²) >= 11 is 9.49. The lowest BCUT2D eigenvalue weighted by atomic mass is 9.95. The zero-order chi connectivity index (χ0) is 23.0. The summed E-state index contributed by atoms with van der Waals surface area (Å²) in [4.78, 5) is 27.6. The van der Waals surface area contributed by atoms with Crippen LogP contribution in [0, 0.1) is 0 Å². The van der Waals surface area contributed by atoms with Crippen molar-refractivity contribution in [2.45, 2.75) is 19.4 Å². The maximum Gasteiger partial charge on any atom is 0.300 e. The SMILES string of the molecule is CCc1ccc(N2C(=O)C(=O)/C(=C(\O)c3ccc(Br)cc3)C2c2ccc(O)c(Cl)c2)cc1. The number of aromatic hydroxyl groups is 1. The number of aryl methyl sites for hydroxylation is 1. The molecule has 0 radical (unpaired) electrons. The molecule has 0 aliphatic carbocycles. The van der Waals surface area contributed by atoms with Gasteiger partial charge in [-0.15, -0.1) is 0 Å². The van der Waals surface area contributed by atoms with Crippen LogP contribution in [0.1, 0.15) is 29.7 Å². The van der Waals surface area contributed by atoms with Crippen molar-refractivity contribution in [3.63, 3.8) is 0 Å². The van der Waals surface area contributed by atoms with E-state index >= 15 is 0 Å². The van der Waals surface area contributed by atoms with E-state index in [-0.39, 0.29) is 22.1 Å². The number of rotatable bonds is 4. The van der Waals surface area contributed by atoms with E-state index in [0.717, 1.165) is 16.5 Å². The van der Waals surface area contributed by atoms with Crippen LogP contribution in [0.3, 0.4) is 0 Å². The first kappa shape index (κ1) is 22.1. The number of nitrogens with zero attached hydrogens (tertiary/aromatic N) is 1. The quantitative estimate of drug-likeness (QED) is 0.255. The van der Waals surface area contributed by atoms with Crippen molar-refractivity contribution in [2.75, 3.05) is 4.90 Å². The molecule has 162 valence electrons. The molecule has 0 saturated carbocycles. The molecular weight excluding hydrogens is 494 g/mol. The molecule has 7 heteroatoms. The first-order valence-corrected chi connectivity index (χ1v) is 11.1. The normalized spacial score (nSPS) is 17.7. The number of anilines is 1. The van der Waals surface area contributed by atoms with Gasteiger partial charge in [0.1, 0.15) is 11.5 Å². The van der Waals surface area contributed by atoms with Crippen molar-refractivity contribution in [3.05, 3.63) is 98.5 Å². The first-order valence-electron chi connectivity index (χ1n) is 9.96. The highest BCUT2D eigenvalue weighted by Crippen LogP contribution is 2.43. The zero-order valence-electron chi connectivity index (χ0n) is 17.0. The van der Waals surface area contributed by atoms with Crippen LogP contribution in [0.5, 0.6) is 5.75 Å². The molecule has 0 bridgehead atoms. The van der Waals surface area contributed by atoms with E-state index in [1.807, 2.05) is 19.1 Å². The molecule has 32 heavy (non-hydrogen) atoms. The predicted octanol–water partition coefficient (Wildman–Crippen LogP) is 6.00. The summed E-state index contributed by atoms with van der Waals surface area (Å²) in [6.45, 7) is 2.03. The Hall–Kier alpha value is -3.09. The molecule has 1 aliphatic heterocycles. The number of halogens is 2. The lowest BCUT2D eigenvalue weighted by molar-refractivity contribution is -0.132. The van der Waals surface area contributed by atoms with Gasteiger partial charge in [-0.3, -0.25) is 14.5 Å². The Kier molecular flexibility index (Phi) is 6.09. The molecule has 1 aliphatic rings. The summed E-state index contributed by atoms with van der Waals surface area (Å²) in [5, 5.41) is 21.0. The number of ketones is 1. The lowest BCUT2D eigenvalue weighted by Crippen LogP contribution is -2.29. The number of aliphatic hydroxyl groups is 1.